The topological polar surface area (TPSA) is 69.5 Å². The molecular weight excluding hydrogens is 344 g/mol. The van der Waals surface area contributed by atoms with E-state index in [-0.39, 0.29) is 11.9 Å². The summed E-state index contributed by atoms with van der Waals surface area (Å²) < 4.78 is 13.0. The van der Waals surface area contributed by atoms with Gasteiger partial charge in [-0.3, -0.25) is 9.36 Å². The lowest BCUT2D eigenvalue weighted by Crippen LogP contribution is -2.29. The molecule has 4 rings (SSSR count). The molecule has 1 atom stereocenters. The number of carbonyl (C=O) groups excluding carboxylic acids is 1. The third kappa shape index (κ3) is 3.36. The van der Waals surface area contributed by atoms with Gasteiger partial charge in [0.15, 0.2) is 11.5 Å². The maximum Gasteiger partial charge on any atom is 0.254 e. The minimum atomic E-state index is -0.119. The molecule has 2 aromatic carbocycles. The molecule has 0 unspecified atom stereocenters. The number of ether oxygens (including phenoxy) is 2. The molecule has 27 heavy (non-hydrogen) atoms. The molecule has 7 nitrogen and oxygen atoms in total. The van der Waals surface area contributed by atoms with Gasteiger partial charge in [0, 0.05) is 18.3 Å². The Bertz CT molecular complexity index is 956. The second-order valence-corrected chi connectivity index (χ2v) is 6.41. The van der Waals surface area contributed by atoms with Crippen molar-refractivity contribution in [2.75, 3.05) is 20.3 Å². The van der Waals surface area contributed by atoms with Gasteiger partial charge in [-0.25, -0.2) is 0 Å². The van der Waals surface area contributed by atoms with Gasteiger partial charge in [0.05, 0.1) is 6.04 Å². The van der Waals surface area contributed by atoms with Crippen LogP contribution >= 0.6 is 0 Å². The second-order valence-electron chi connectivity index (χ2n) is 6.41. The lowest BCUT2D eigenvalue weighted by atomic mass is 10.0. The van der Waals surface area contributed by atoms with Crippen LogP contribution in [-0.2, 0) is 0 Å². The van der Waals surface area contributed by atoms with Gasteiger partial charge in [-0.05, 0) is 42.8 Å². The van der Waals surface area contributed by atoms with Crippen LogP contribution in [0.1, 0.15) is 28.9 Å². The van der Waals surface area contributed by atoms with Crippen molar-refractivity contribution in [2.45, 2.75) is 13.0 Å². The highest BCUT2D eigenvalue weighted by Crippen LogP contribution is 2.34. The molecule has 1 aliphatic heterocycles. The maximum absolute atomic E-state index is 13.0. The first kappa shape index (κ1) is 17.1. The summed E-state index contributed by atoms with van der Waals surface area (Å²) >= 11 is 0. The van der Waals surface area contributed by atoms with Gasteiger partial charge in [-0.2, -0.15) is 0 Å². The number of carbonyl (C=O) groups is 1. The number of fused-ring (bicyclic) bond motifs is 1. The lowest BCUT2D eigenvalue weighted by Gasteiger charge is -2.27. The van der Waals surface area contributed by atoms with Crippen LogP contribution in [-0.4, -0.2) is 45.8 Å². The summed E-state index contributed by atoms with van der Waals surface area (Å²) in [4.78, 5) is 14.7. The fourth-order valence-corrected chi connectivity index (χ4v) is 3.06. The quantitative estimate of drug-likeness (QED) is 0.712. The van der Waals surface area contributed by atoms with Crippen molar-refractivity contribution < 1.29 is 14.3 Å². The van der Waals surface area contributed by atoms with Crippen molar-refractivity contribution in [3.63, 3.8) is 0 Å². The van der Waals surface area contributed by atoms with Crippen molar-refractivity contribution in [1.29, 1.82) is 0 Å². The van der Waals surface area contributed by atoms with E-state index in [0.717, 1.165) is 22.7 Å². The Kier molecular flexibility index (Phi) is 4.50. The summed E-state index contributed by atoms with van der Waals surface area (Å²) in [5.41, 5.74) is 2.43. The first-order valence-corrected chi connectivity index (χ1v) is 8.75. The standard InChI is InChI=1S/C20H20N4O3/c1-14(15-6-7-18-19(11-15)27-9-8-26-18)23(2)20(25)16-4-3-5-17(10-16)24-12-21-22-13-24/h3-7,10-14H,8-9H2,1-2H3/t14-/m0/s1. The Morgan fingerprint density at radius 3 is 2.59 bits per heavy atom. The van der Waals surface area contributed by atoms with Crippen LogP contribution in [0, 0.1) is 0 Å². The van der Waals surface area contributed by atoms with Crippen molar-refractivity contribution >= 4 is 5.91 Å². The van der Waals surface area contributed by atoms with Crippen LogP contribution in [0.15, 0.2) is 55.1 Å². The number of nitrogens with zero attached hydrogens (tertiary/aromatic N) is 4. The number of amides is 1. The average Bonchev–Trinajstić information content (AvgIpc) is 3.27. The number of rotatable bonds is 4. The molecule has 2 heterocycles. The summed E-state index contributed by atoms with van der Waals surface area (Å²) in [6.45, 7) is 3.09. The third-order valence-electron chi connectivity index (χ3n) is 4.76. The summed E-state index contributed by atoms with van der Waals surface area (Å²) in [6.07, 6.45) is 3.20. The van der Waals surface area contributed by atoms with Gasteiger partial charge in [-0.15, -0.1) is 10.2 Å². The summed E-state index contributed by atoms with van der Waals surface area (Å²) in [7, 11) is 1.80. The first-order chi connectivity index (χ1) is 13.1. The van der Waals surface area contributed by atoms with E-state index in [9.17, 15) is 4.79 Å². The van der Waals surface area contributed by atoms with Crippen molar-refractivity contribution in [2.24, 2.45) is 0 Å². The van der Waals surface area contributed by atoms with Gasteiger partial charge in [0.25, 0.3) is 5.91 Å². The molecular formula is C20H20N4O3. The van der Waals surface area contributed by atoms with Crippen LogP contribution in [0.2, 0.25) is 0 Å². The molecule has 0 radical (unpaired) electrons. The number of benzene rings is 2. The van der Waals surface area contributed by atoms with Crippen molar-refractivity contribution in [3.8, 4) is 17.2 Å². The maximum atomic E-state index is 13.0. The fourth-order valence-electron chi connectivity index (χ4n) is 3.06. The van der Waals surface area contributed by atoms with E-state index in [1.54, 1.807) is 29.2 Å². The van der Waals surface area contributed by atoms with Gasteiger partial charge in [-0.1, -0.05) is 12.1 Å². The molecule has 0 N–H and O–H groups in total. The predicted octanol–water partition coefficient (Wildman–Crippen LogP) is 2.87. The molecule has 1 aliphatic rings. The largest absolute Gasteiger partial charge is 0.486 e. The third-order valence-corrected chi connectivity index (χ3v) is 4.76. The average molecular weight is 364 g/mol. The SMILES string of the molecule is C[C@@H](c1ccc2c(c1)OCCO2)N(C)C(=O)c1cccc(-n2cnnc2)c1. The van der Waals surface area contributed by atoms with E-state index in [2.05, 4.69) is 10.2 Å². The van der Waals surface area contributed by atoms with Crippen LogP contribution < -0.4 is 9.47 Å². The molecule has 0 spiro atoms. The highest BCUT2D eigenvalue weighted by Gasteiger charge is 2.21. The zero-order valence-corrected chi connectivity index (χ0v) is 15.2. The molecule has 0 fully saturated rings. The number of hydrogen-bond donors (Lipinski definition) is 0. The zero-order chi connectivity index (χ0) is 18.8. The predicted molar refractivity (Wildman–Crippen MR) is 99.3 cm³/mol. The van der Waals surface area contributed by atoms with Gasteiger partial charge in [0.1, 0.15) is 25.9 Å². The molecule has 0 saturated carbocycles. The van der Waals surface area contributed by atoms with E-state index in [4.69, 9.17) is 9.47 Å². The number of aromatic nitrogens is 3. The zero-order valence-electron chi connectivity index (χ0n) is 15.2. The summed E-state index contributed by atoms with van der Waals surface area (Å²) in [6, 6.07) is 13.1. The van der Waals surface area contributed by atoms with Gasteiger partial charge in [0.2, 0.25) is 0 Å². The minimum Gasteiger partial charge on any atom is -0.486 e. The Morgan fingerprint density at radius 1 is 1.07 bits per heavy atom. The Hall–Kier alpha value is -3.35. The highest BCUT2D eigenvalue weighted by atomic mass is 16.6. The van der Waals surface area contributed by atoms with Crippen molar-refractivity contribution in [1.82, 2.24) is 19.7 Å². The van der Waals surface area contributed by atoms with E-state index in [1.165, 1.54) is 0 Å². The van der Waals surface area contributed by atoms with Gasteiger partial charge >= 0.3 is 0 Å². The molecule has 0 saturated heterocycles. The van der Waals surface area contributed by atoms with Crippen LogP contribution in [0.4, 0.5) is 0 Å². The van der Waals surface area contributed by atoms with Crippen LogP contribution in [0.5, 0.6) is 11.5 Å². The minimum absolute atomic E-state index is 0.0627. The molecule has 1 amide bonds. The Balaban J connectivity index is 1.56. The summed E-state index contributed by atoms with van der Waals surface area (Å²) in [5, 5.41) is 7.61. The normalized spacial score (nSPS) is 13.9. The van der Waals surface area contributed by atoms with E-state index in [1.807, 2.05) is 49.4 Å². The first-order valence-electron chi connectivity index (χ1n) is 8.75. The highest BCUT2D eigenvalue weighted by molar-refractivity contribution is 5.94. The second kappa shape index (κ2) is 7.11. The smallest absolute Gasteiger partial charge is 0.254 e. The molecule has 1 aromatic heterocycles. The lowest BCUT2D eigenvalue weighted by molar-refractivity contribution is 0.0742. The van der Waals surface area contributed by atoms with E-state index >= 15 is 0 Å². The molecule has 3 aromatic rings. The monoisotopic (exact) mass is 364 g/mol. The van der Waals surface area contributed by atoms with Gasteiger partial charge < -0.3 is 14.4 Å². The van der Waals surface area contributed by atoms with Crippen LogP contribution in [0.3, 0.4) is 0 Å². The van der Waals surface area contributed by atoms with E-state index in [0.29, 0.717) is 18.8 Å². The molecule has 7 heteroatoms. The Labute approximate surface area is 157 Å². The molecule has 0 bridgehead atoms. The fraction of sp³-hybridized carbons (Fsp3) is 0.250. The summed E-state index contributed by atoms with van der Waals surface area (Å²) in [5.74, 6) is 1.40. The van der Waals surface area contributed by atoms with Crippen molar-refractivity contribution in [3.05, 3.63) is 66.2 Å². The molecule has 0 aliphatic carbocycles. The number of hydrogen-bond acceptors (Lipinski definition) is 5. The van der Waals surface area contributed by atoms with Crippen LogP contribution in [0.25, 0.3) is 5.69 Å². The Morgan fingerprint density at radius 2 is 1.81 bits per heavy atom. The van der Waals surface area contributed by atoms with E-state index < -0.39 is 0 Å². The molecule has 138 valence electrons.